The summed E-state index contributed by atoms with van der Waals surface area (Å²) in [7, 11) is 0. The normalized spacial score (nSPS) is 19.9. The van der Waals surface area contributed by atoms with E-state index in [-0.39, 0.29) is 33.6 Å². The Morgan fingerprint density at radius 3 is 2.53 bits per heavy atom. The third kappa shape index (κ3) is 4.22. The molecule has 2 unspecified atom stereocenters. The molecule has 0 bridgehead atoms. The maximum absolute atomic E-state index is 13.4. The van der Waals surface area contributed by atoms with Gasteiger partial charge in [0, 0.05) is 11.1 Å². The number of ketones is 1. The molecule has 1 aliphatic carbocycles. The van der Waals surface area contributed by atoms with Crippen LogP contribution in [0.25, 0.3) is 11.1 Å². The topological polar surface area (TPSA) is 126 Å². The number of carboxylic acids is 1. The number of para-hydroxylation sites is 1. The predicted molar refractivity (Wildman–Crippen MR) is 135 cm³/mol. The minimum atomic E-state index is -1.07. The molecule has 1 aliphatic heterocycles. The number of nitrogens with one attached hydrogen (secondary N) is 2. The average Bonchev–Trinajstić information content (AvgIpc) is 2.90. The summed E-state index contributed by atoms with van der Waals surface area (Å²) in [6.07, 6.45) is 6.42. The molecular weight excluding hydrogens is 458 g/mol. The molecule has 8 nitrogen and oxygen atoms in total. The number of rotatable bonds is 5. The fourth-order valence-corrected chi connectivity index (χ4v) is 4.33. The van der Waals surface area contributed by atoms with Gasteiger partial charge in [-0.2, -0.15) is 5.10 Å². The zero-order valence-electron chi connectivity index (χ0n) is 18.9. The van der Waals surface area contributed by atoms with Crippen LogP contribution < -0.4 is 10.5 Å². The van der Waals surface area contributed by atoms with Crippen molar-refractivity contribution in [3.8, 4) is 16.9 Å². The van der Waals surface area contributed by atoms with Crippen molar-refractivity contribution < 1.29 is 24.9 Å². The molecule has 0 fully saturated rings. The molecule has 0 aromatic heterocycles. The number of phenolic OH excluding ortho intramolecular Hbond substituents is 1. The van der Waals surface area contributed by atoms with Crippen LogP contribution in [-0.4, -0.2) is 27.7 Å². The number of allylic oxidation sites excluding steroid dienone is 4. The predicted octanol–water partition coefficient (Wildman–Crippen LogP) is 3.61. The van der Waals surface area contributed by atoms with Crippen molar-refractivity contribution >= 4 is 23.2 Å². The van der Waals surface area contributed by atoms with Crippen molar-refractivity contribution in [3.63, 3.8) is 0 Å². The van der Waals surface area contributed by atoms with Crippen molar-refractivity contribution in [2.75, 3.05) is 5.43 Å². The maximum atomic E-state index is 13.4. The lowest BCUT2D eigenvalue weighted by Gasteiger charge is -2.34. The molecule has 0 saturated heterocycles. The molecule has 1 heterocycles. The van der Waals surface area contributed by atoms with Crippen molar-refractivity contribution in [2.24, 2.45) is 5.10 Å². The van der Waals surface area contributed by atoms with Gasteiger partial charge in [0.25, 0.3) is 0 Å². The van der Waals surface area contributed by atoms with Crippen LogP contribution >= 0.6 is 0 Å². The fourth-order valence-electron chi connectivity index (χ4n) is 4.33. The lowest BCUT2D eigenvalue weighted by atomic mass is 9.84. The van der Waals surface area contributed by atoms with Crippen LogP contribution in [0.3, 0.4) is 0 Å². The number of hydrogen-bond donors (Lipinski definition) is 4. The monoisotopic (exact) mass is 479 g/mol. The van der Waals surface area contributed by atoms with Crippen LogP contribution in [0.1, 0.15) is 22.0 Å². The Labute approximate surface area is 206 Å². The molecule has 5 rings (SSSR count). The number of hydroxylamine groups is 2. The molecule has 0 amide bonds. The van der Waals surface area contributed by atoms with Gasteiger partial charge in [-0.25, -0.2) is 4.79 Å². The number of anilines is 1. The molecule has 178 valence electrons. The van der Waals surface area contributed by atoms with E-state index in [2.05, 4.69) is 10.5 Å². The third-order valence-electron chi connectivity index (χ3n) is 6.10. The number of hydrazone groups is 1. The summed E-state index contributed by atoms with van der Waals surface area (Å²) in [5.41, 5.74) is 5.85. The lowest BCUT2D eigenvalue weighted by molar-refractivity contribution is -0.821. The van der Waals surface area contributed by atoms with Crippen LogP contribution in [0, 0.1) is 5.21 Å². The zero-order chi connectivity index (χ0) is 25.2. The number of carbonyl (C=O) groups excluding carboxylic acids is 1. The Morgan fingerprint density at radius 1 is 0.972 bits per heavy atom. The number of Topliss-reactive ketones (excluding diaryl/α,β-unsaturated/α-hetero) is 1. The van der Waals surface area contributed by atoms with Crippen LogP contribution in [0.4, 0.5) is 5.69 Å². The van der Waals surface area contributed by atoms with E-state index in [1.54, 1.807) is 48.6 Å². The van der Waals surface area contributed by atoms with Gasteiger partial charge in [-0.15, -0.1) is 0 Å². The summed E-state index contributed by atoms with van der Waals surface area (Å²) in [5, 5.41) is 36.9. The molecule has 3 aromatic carbocycles. The number of aromatic carboxylic acids is 1. The number of aromatic hydroxyl groups is 1. The van der Waals surface area contributed by atoms with E-state index in [0.29, 0.717) is 22.3 Å². The minimum absolute atomic E-state index is 0.0930. The van der Waals surface area contributed by atoms with Gasteiger partial charge in [-0.05, 0) is 41.5 Å². The standard InChI is InChI=1S/C28H21N3O5/c32-26-21(19-8-4-9-20(16-19)28(34)35)10-5-11-22(26)29-30-23-13-12-17-14-15-31(36)25(24(17)27(23)33)18-6-2-1-3-7-18/h1-16,25,29,31-32H,(H,34,35). The van der Waals surface area contributed by atoms with E-state index < -0.39 is 12.0 Å². The Bertz CT molecular complexity index is 1490. The van der Waals surface area contributed by atoms with E-state index in [0.717, 1.165) is 5.56 Å². The lowest BCUT2D eigenvalue weighted by Crippen LogP contribution is -3.03. The number of quaternary nitrogens is 1. The highest BCUT2D eigenvalue weighted by Gasteiger charge is 2.35. The Balaban J connectivity index is 1.44. The summed E-state index contributed by atoms with van der Waals surface area (Å²) in [6.45, 7) is 0. The highest BCUT2D eigenvalue weighted by atomic mass is 16.5. The minimum Gasteiger partial charge on any atom is -0.629 e. The number of benzene rings is 3. The molecule has 0 radical (unpaired) electrons. The van der Waals surface area contributed by atoms with Gasteiger partial charge in [-0.1, -0.05) is 60.7 Å². The van der Waals surface area contributed by atoms with Gasteiger partial charge < -0.3 is 20.5 Å². The van der Waals surface area contributed by atoms with Crippen molar-refractivity contribution in [3.05, 3.63) is 125 Å². The van der Waals surface area contributed by atoms with E-state index >= 15 is 0 Å². The smallest absolute Gasteiger partial charge is 0.335 e. The first-order chi connectivity index (χ1) is 17.4. The van der Waals surface area contributed by atoms with Crippen molar-refractivity contribution in [1.29, 1.82) is 0 Å². The molecule has 2 aliphatic rings. The second-order valence-electron chi connectivity index (χ2n) is 8.31. The molecule has 4 N–H and O–H groups in total. The van der Waals surface area contributed by atoms with Crippen LogP contribution in [-0.2, 0) is 4.79 Å². The van der Waals surface area contributed by atoms with Crippen LogP contribution in [0.2, 0.25) is 0 Å². The maximum Gasteiger partial charge on any atom is 0.335 e. The SMILES string of the molecule is O=C1C(=NNc2cccc(-c3cccc(C(=O)O)c3)c2O)C=CC2=C1C(c1ccccc1)[NH+]([O-])C=C2. The number of carbonyl (C=O) groups is 2. The molecule has 2 atom stereocenters. The second-order valence-corrected chi connectivity index (χ2v) is 8.31. The van der Waals surface area contributed by atoms with Gasteiger partial charge in [0.05, 0.1) is 23.0 Å². The molecule has 36 heavy (non-hydrogen) atoms. The first-order valence-electron chi connectivity index (χ1n) is 11.2. The summed E-state index contributed by atoms with van der Waals surface area (Å²) in [5.74, 6) is -1.59. The van der Waals surface area contributed by atoms with Gasteiger partial charge in [0.15, 0.2) is 0 Å². The molecular formula is C28H21N3O5. The van der Waals surface area contributed by atoms with Crippen molar-refractivity contribution in [2.45, 2.75) is 6.04 Å². The van der Waals surface area contributed by atoms with Gasteiger partial charge >= 0.3 is 5.97 Å². The molecule has 0 saturated carbocycles. The molecule has 8 heteroatoms. The van der Waals surface area contributed by atoms with Crippen molar-refractivity contribution in [1.82, 2.24) is 0 Å². The number of nitrogens with zero attached hydrogens (tertiary/aromatic N) is 1. The third-order valence-corrected chi connectivity index (χ3v) is 6.10. The number of phenols is 1. The fraction of sp³-hybridized carbons (Fsp3) is 0.0357. The summed E-state index contributed by atoms with van der Waals surface area (Å²) >= 11 is 0. The van der Waals surface area contributed by atoms with Gasteiger partial charge in [-0.3, -0.25) is 10.2 Å². The molecule has 3 aromatic rings. The Morgan fingerprint density at radius 2 is 1.75 bits per heavy atom. The summed E-state index contributed by atoms with van der Waals surface area (Å²) in [4.78, 5) is 24.7. The summed E-state index contributed by atoms with van der Waals surface area (Å²) in [6, 6.07) is 19.5. The quantitative estimate of drug-likeness (QED) is 0.192. The first-order valence-corrected chi connectivity index (χ1v) is 11.2. The van der Waals surface area contributed by atoms with Gasteiger partial charge in [0.1, 0.15) is 17.5 Å². The van der Waals surface area contributed by atoms with Crippen LogP contribution in [0.15, 0.2) is 113 Å². The largest absolute Gasteiger partial charge is 0.629 e. The Hall–Kier alpha value is -4.79. The van der Waals surface area contributed by atoms with E-state index in [1.807, 2.05) is 30.3 Å². The molecule has 0 spiro atoms. The van der Waals surface area contributed by atoms with E-state index in [4.69, 9.17) is 0 Å². The summed E-state index contributed by atoms with van der Waals surface area (Å²) < 4.78 is 0. The van der Waals surface area contributed by atoms with E-state index in [9.17, 15) is 25.0 Å². The second kappa shape index (κ2) is 9.46. The average molecular weight is 479 g/mol. The number of carboxylic acid groups (broad SMARTS) is 1. The highest BCUT2D eigenvalue weighted by molar-refractivity contribution is 6.51. The Kier molecular flexibility index (Phi) is 6.03. The highest BCUT2D eigenvalue weighted by Crippen LogP contribution is 2.36. The number of hydrogen-bond acceptors (Lipinski definition) is 6. The first kappa shape index (κ1) is 23.0. The van der Waals surface area contributed by atoms with Crippen LogP contribution in [0.5, 0.6) is 5.75 Å². The zero-order valence-corrected chi connectivity index (χ0v) is 18.9. The van der Waals surface area contributed by atoms with E-state index in [1.165, 1.54) is 18.3 Å². The van der Waals surface area contributed by atoms with Gasteiger partial charge in [0.2, 0.25) is 5.78 Å².